The van der Waals surface area contributed by atoms with Gasteiger partial charge in [0.1, 0.15) is 17.4 Å². The first-order valence-corrected chi connectivity index (χ1v) is 8.08. The Morgan fingerprint density at radius 1 is 1.52 bits per heavy atom. The first-order valence-electron chi connectivity index (χ1n) is 8.08. The van der Waals surface area contributed by atoms with Gasteiger partial charge in [-0.3, -0.25) is 4.79 Å². The van der Waals surface area contributed by atoms with Gasteiger partial charge >= 0.3 is 0 Å². The predicted molar refractivity (Wildman–Crippen MR) is 88.3 cm³/mol. The zero-order valence-electron chi connectivity index (χ0n) is 14.0. The fourth-order valence-electron chi connectivity index (χ4n) is 3.20. The summed E-state index contributed by atoms with van der Waals surface area (Å²) in [5.74, 6) is 0.896. The lowest BCUT2D eigenvalue weighted by Gasteiger charge is -2.37. The van der Waals surface area contributed by atoms with Crippen molar-refractivity contribution < 1.29 is 14.3 Å². The summed E-state index contributed by atoms with van der Waals surface area (Å²) in [6, 6.07) is 7.21. The molecule has 2 atom stereocenters. The maximum Gasteiger partial charge on any atom is 0.256 e. The van der Waals surface area contributed by atoms with E-state index in [1.165, 1.54) is 0 Å². The Hall–Kier alpha value is -2.06. The van der Waals surface area contributed by atoms with Crippen LogP contribution in [0.15, 0.2) is 18.2 Å². The zero-order valence-corrected chi connectivity index (χ0v) is 14.0. The van der Waals surface area contributed by atoms with E-state index in [-0.39, 0.29) is 5.91 Å². The van der Waals surface area contributed by atoms with Crippen LogP contribution in [-0.4, -0.2) is 25.2 Å². The van der Waals surface area contributed by atoms with E-state index in [4.69, 9.17) is 9.47 Å². The van der Waals surface area contributed by atoms with Gasteiger partial charge in [0.05, 0.1) is 17.9 Å². The standard InChI is InChI=1S/C18H24N2O3/c1-4-23-15-7-8-16(14(10-15)12-19)20-17(21)18(22-3)9-5-6-13(2)11-18/h7-8,10,13H,4-6,9,11H2,1-3H3,(H,20,21)/t13-,18-/m0/s1. The molecule has 1 aliphatic rings. The van der Waals surface area contributed by atoms with E-state index in [1.54, 1.807) is 25.3 Å². The second-order valence-electron chi connectivity index (χ2n) is 6.11. The molecule has 1 aromatic carbocycles. The molecule has 1 amide bonds. The number of ether oxygens (including phenoxy) is 2. The number of amides is 1. The predicted octanol–water partition coefficient (Wildman–Crippen LogP) is 3.49. The highest BCUT2D eigenvalue weighted by Crippen LogP contribution is 2.36. The highest BCUT2D eigenvalue weighted by molar-refractivity contribution is 5.98. The number of hydrogen-bond acceptors (Lipinski definition) is 4. The molecule has 2 rings (SSSR count). The van der Waals surface area contributed by atoms with Crippen LogP contribution in [0.5, 0.6) is 5.75 Å². The number of carbonyl (C=O) groups is 1. The highest BCUT2D eigenvalue weighted by atomic mass is 16.5. The fourth-order valence-corrected chi connectivity index (χ4v) is 3.20. The van der Waals surface area contributed by atoms with Crippen molar-refractivity contribution in [2.24, 2.45) is 5.92 Å². The second-order valence-corrected chi connectivity index (χ2v) is 6.11. The van der Waals surface area contributed by atoms with Gasteiger partial charge in [-0.1, -0.05) is 13.3 Å². The molecule has 1 aromatic rings. The molecule has 5 nitrogen and oxygen atoms in total. The van der Waals surface area contributed by atoms with Crippen LogP contribution in [0.2, 0.25) is 0 Å². The molecule has 5 heteroatoms. The number of hydrogen-bond donors (Lipinski definition) is 1. The number of nitrogens with zero attached hydrogens (tertiary/aromatic N) is 1. The molecule has 124 valence electrons. The first-order chi connectivity index (χ1) is 11.0. The topological polar surface area (TPSA) is 71.3 Å². The summed E-state index contributed by atoms with van der Waals surface area (Å²) in [5, 5.41) is 12.2. The Morgan fingerprint density at radius 3 is 2.91 bits per heavy atom. The zero-order chi connectivity index (χ0) is 16.9. The molecular formula is C18H24N2O3. The van der Waals surface area contributed by atoms with E-state index in [1.807, 2.05) is 6.92 Å². The van der Waals surface area contributed by atoms with Crippen LogP contribution in [0, 0.1) is 17.2 Å². The maximum absolute atomic E-state index is 12.8. The van der Waals surface area contributed by atoms with Gasteiger partial charge in [-0.15, -0.1) is 0 Å². The Kier molecular flexibility index (Phi) is 5.62. The lowest BCUT2D eigenvalue weighted by molar-refractivity contribution is -0.143. The van der Waals surface area contributed by atoms with Gasteiger partial charge in [0.15, 0.2) is 0 Å². The Morgan fingerprint density at radius 2 is 2.30 bits per heavy atom. The largest absolute Gasteiger partial charge is 0.494 e. The third-order valence-electron chi connectivity index (χ3n) is 4.43. The van der Waals surface area contributed by atoms with Crippen molar-refractivity contribution >= 4 is 11.6 Å². The number of nitrogens with one attached hydrogen (secondary N) is 1. The molecule has 1 fully saturated rings. The minimum absolute atomic E-state index is 0.174. The lowest BCUT2D eigenvalue weighted by Crippen LogP contribution is -2.48. The molecule has 23 heavy (non-hydrogen) atoms. The van der Waals surface area contributed by atoms with E-state index < -0.39 is 5.60 Å². The minimum Gasteiger partial charge on any atom is -0.494 e. The molecule has 0 aromatic heterocycles. The summed E-state index contributed by atoms with van der Waals surface area (Å²) in [5.41, 5.74) is 0.0817. The Bertz CT molecular complexity index is 609. The molecule has 1 saturated carbocycles. The van der Waals surface area contributed by atoms with Crippen LogP contribution in [0.25, 0.3) is 0 Å². The van der Waals surface area contributed by atoms with E-state index in [0.29, 0.717) is 42.4 Å². The number of methoxy groups -OCH3 is 1. The quantitative estimate of drug-likeness (QED) is 0.902. The number of benzene rings is 1. The SMILES string of the molecule is CCOc1ccc(NC(=O)[C@]2(OC)CCC[C@H](C)C2)c(C#N)c1. The molecule has 0 bridgehead atoms. The second kappa shape index (κ2) is 7.47. The molecule has 0 heterocycles. The van der Waals surface area contributed by atoms with Crippen LogP contribution < -0.4 is 10.1 Å². The molecule has 0 aliphatic heterocycles. The summed E-state index contributed by atoms with van der Waals surface area (Å²) in [4.78, 5) is 12.8. The average Bonchev–Trinajstić information content (AvgIpc) is 2.56. The maximum atomic E-state index is 12.8. The van der Waals surface area contributed by atoms with E-state index in [9.17, 15) is 10.1 Å². The van der Waals surface area contributed by atoms with Crippen LogP contribution in [0.1, 0.15) is 45.1 Å². The van der Waals surface area contributed by atoms with Crippen molar-refractivity contribution in [2.75, 3.05) is 19.0 Å². The molecule has 0 unspecified atom stereocenters. The van der Waals surface area contributed by atoms with Crippen LogP contribution in [-0.2, 0) is 9.53 Å². The molecular weight excluding hydrogens is 292 g/mol. The summed E-state index contributed by atoms with van der Waals surface area (Å²) < 4.78 is 11.0. The first kappa shape index (κ1) is 17.3. The third-order valence-corrected chi connectivity index (χ3v) is 4.43. The Balaban J connectivity index is 2.20. The van der Waals surface area contributed by atoms with Gasteiger partial charge in [0.25, 0.3) is 5.91 Å². The van der Waals surface area contributed by atoms with Crippen LogP contribution >= 0.6 is 0 Å². The van der Waals surface area contributed by atoms with Gasteiger partial charge in [-0.05, 0) is 50.3 Å². The van der Waals surface area contributed by atoms with Gasteiger partial charge in [-0.2, -0.15) is 5.26 Å². The average molecular weight is 316 g/mol. The molecule has 1 N–H and O–H groups in total. The third kappa shape index (κ3) is 3.83. The molecule has 0 spiro atoms. The monoisotopic (exact) mass is 316 g/mol. The number of rotatable bonds is 5. The van der Waals surface area contributed by atoms with Gasteiger partial charge in [-0.25, -0.2) is 0 Å². The van der Waals surface area contributed by atoms with Crippen LogP contribution in [0.3, 0.4) is 0 Å². The summed E-state index contributed by atoms with van der Waals surface area (Å²) in [7, 11) is 1.58. The van der Waals surface area contributed by atoms with E-state index in [2.05, 4.69) is 18.3 Å². The van der Waals surface area contributed by atoms with Crippen molar-refractivity contribution in [3.63, 3.8) is 0 Å². The number of nitriles is 1. The molecule has 1 aliphatic carbocycles. The van der Waals surface area contributed by atoms with E-state index >= 15 is 0 Å². The fraction of sp³-hybridized carbons (Fsp3) is 0.556. The van der Waals surface area contributed by atoms with Crippen molar-refractivity contribution in [3.8, 4) is 11.8 Å². The normalized spacial score (nSPS) is 23.8. The number of anilines is 1. The summed E-state index contributed by atoms with van der Waals surface area (Å²) >= 11 is 0. The Labute approximate surface area is 137 Å². The van der Waals surface area contributed by atoms with Crippen LogP contribution in [0.4, 0.5) is 5.69 Å². The number of carbonyl (C=O) groups excluding carboxylic acids is 1. The lowest BCUT2D eigenvalue weighted by atomic mass is 9.78. The van der Waals surface area contributed by atoms with Crippen molar-refractivity contribution in [2.45, 2.75) is 45.1 Å². The summed E-state index contributed by atoms with van der Waals surface area (Å²) in [6.07, 6.45) is 3.49. The molecule has 0 saturated heterocycles. The minimum atomic E-state index is -0.803. The van der Waals surface area contributed by atoms with Gasteiger partial charge in [0, 0.05) is 7.11 Å². The van der Waals surface area contributed by atoms with E-state index in [0.717, 1.165) is 12.8 Å². The summed E-state index contributed by atoms with van der Waals surface area (Å²) in [6.45, 7) is 4.55. The van der Waals surface area contributed by atoms with Crippen molar-refractivity contribution in [1.82, 2.24) is 0 Å². The van der Waals surface area contributed by atoms with Gasteiger partial charge in [0.2, 0.25) is 0 Å². The highest BCUT2D eigenvalue weighted by Gasteiger charge is 2.42. The van der Waals surface area contributed by atoms with Crippen molar-refractivity contribution in [1.29, 1.82) is 5.26 Å². The van der Waals surface area contributed by atoms with Crippen molar-refractivity contribution in [3.05, 3.63) is 23.8 Å². The smallest absolute Gasteiger partial charge is 0.256 e. The van der Waals surface area contributed by atoms with Gasteiger partial charge < -0.3 is 14.8 Å². The molecule has 0 radical (unpaired) electrons.